The molecule has 0 aliphatic heterocycles. The van der Waals surface area contributed by atoms with Gasteiger partial charge in [0.1, 0.15) is 6.23 Å². The quantitative estimate of drug-likeness (QED) is 0.404. The van der Waals surface area contributed by atoms with E-state index in [1.165, 1.54) is 6.92 Å². The molecule has 0 aliphatic carbocycles. The second kappa shape index (κ2) is 2.43. The van der Waals surface area contributed by atoms with Crippen molar-refractivity contribution in [1.82, 2.24) is 0 Å². The molecule has 0 saturated heterocycles. The highest BCUT2D eigenvalue weighted by atomic mass is 32.2. The fraction of sp³-hybridized carbons (Fsp3) is 1.00. The smallest absolute Gasteiger partial charge is 0.265 e. The van der Waals surface area contributed by atoms with Crippen LogP contribution in [0.3, 0.4) is 0 Å². The Hall–Kier alpha value is -0.130. The van der Waals surface area contributed by atoms with E-state index in [9.17, 15) is 8.42 Å². The fourth-order valence-corrected chi connectivity index (χ4v) is 0.827. The van der Waals surface area contributed by atoms with E-state index in [1.807, 2.05) is 0 Å². The standard InChI is InChI=1S/C3H9NO3S/c1-3(4)7-8(2,5)6/h3H,4H2,1-2H3. The van der Waals surface area contributed by atoms with Gasteiger partial charge in [0.15, 0.2) is 0 Å². The topological polar surface area (TPSA) is 69.4 Å². The zero-order valence-corrected chi connectivity index (χ0v) is 5.60. The number of nitrogens with two attached hydrogens (primary N) is 1. The summed E-state index contributed by atoms with van der Waals surface area (Å²) in [6.45, 7) is 1.45. The SMILES string of the molecule is CC(N)OS(C)(=O)=O. The molecule has 4 nitrogen and oxygen atoms in total. The molecular formula is C3H9NO3S. The Labute approximate surface area is 48.8 Å². The second-order valence-electron chi connectivity index (χ2n) is 1.51. The molecule has 5 heteroatoms. The van der Waals surface area contributed by atoms with Gasteiger partial charge in [-0.15, -0.1) is 0 Å². The lowest BCUT2D eigenvalue weighted by molar-refractivity contribution is 0.239. The first-order valence-corrected chi connectivity index (χ1v) is 3.87. The zero-order valence-electron chi connectivity index (χ0n) is 4.79. The predicted octanol–water partition coefficient (Wildman–Crippen LogP) is -0.733. The average molecular weight is 139 g/mol. The van der Waals surface area contributed by atoms with E-state index in [-0.39, 0.29) is 0 Å². The van der Waals surface area contributed by atoms with E-state index in [0.29, 0.717) is 0 Å². The van der Waals surface area contributed by atoms with Crippen LogP contribution in [0.4, 0.5) is 0 Å². The van der Waals surface area contributed by atoms with Crippen molar-refractivity contribution in [3.63, 3.8) is 0 Å². The molecule has 0 rings (SSSR count). The van der Waals surface area contributed by atoms with Gasteiger partial charge < -0.3 is 5.73 Å². The molecular weight excluding hydrogens is 130 g/mol. The second-order valence-corrected chi connectivity index (χ2v) is 3.11. The van der Waals surface area contributed by atoms with Gasteiger partial charge in [0, 0.05) is 0 Å². The van der Waals surface area contributed by atoms with Crippen LogP contribution in [0, 0.1) is 0 Å². The van der Waals surface area contributed by atoms with Gasteiger partial charge in [-0.3, -0.25) is 4.18 Å². The van der Waals surface area contributed by atoms with Crippen LogP contribution in [0.15, 0.2) is 0 Å². The van der Waals surface area contributed by atoms with Crippen LogP contribution in [-0.4, -0.2) is 20.9 Å². The minimum atomic E-state index is -3.35. The van der Waals surface area contributed by atoms with Crippen molar-refractivity contribution in [3.8, 4) is 0 Å². The van der Waals surface area contributed by atoms with Crippen molar-refractivity contribution >= 4 is 10.1 Å². The van der Waals surface area contributed by atoms with Crippen molar-refractivity contribution in [2.75, 3.05) is 6.26 Å². The third kappa shape index (κ3) is 5.87. The summed E-state index contributed by atoms with van der Waals surface area (Å²) in [6, 6.07) is 0. The van der Waals surface area contributed by atoms with E-state index in [4.69, 9.17) is 5.73 Å². The first-order chi connectivity index (χ1) is 3.42. The predicted molar refractivity (Wildman–Crippen MR) is 29.6 cm³/mol. The van der Waals surface area contributed by atoms with Crippen LogP contribution >= 0.6 is 0 Å². The Kier molecular flexibility index (Phi) is 2.39. The number of hydrogen-bond acceptors (Lipinski definition) is 4. The molecule has 2 N–H and O–H groups in total. The van der Waals surface area contributed by atoms with Crippen molar-refractivity contribution < 1.29 is 12.6 Å². The molecule has 0 spiro atoms. The molecule has 0 radical (unpaired) electrons. The van der Waals surface area contributed by atoms with Crippen molar-refractivity contribution in [1.29, 1.82) is 0 Å². The molecule has 0 aliphatic rings. The fourth-order valence-electron chi connectivity index (χ4n) is 0.276. The molecule has 1 unspecified atom stereocenters. The Morgan fingerprint density at radius 1 is 1.62 bits per heavy atom. The van der Waals surface area contributed by atoms with Gasteiger partial charge in [-0.1, -0.05) is 0 Å². The van der Waals surface area contributed by atoms with Gasteiger partial charge in [0.2, 0.25) is 0 Å². The van der Waals surface area contributed by atoms with E-state index in [0.717, 1.165) is 6.26 Å². The van der Waals surface area contributed by atoms with Gasteiger partial charge in [-0.25, -0.2) is 0 Å². The van der Waals surface area contributed by atoms with E-state index in [1.54, 1.807) is 0 Å². The van der Waals surface area contributed by atoms with E-state index < -0.39 is 16.3 Å². The lowest BCUT2D eigenvalue weighted by atomic mass is 10.7. The van der Waals surface area contributed by atoms with Crippen LogP contribution in [0.25, 0.3) is 0 Å². The van der Waals surface area contributed by atoms with Crippen molar-refractivity contribution in [2.45, 2.75) is 13.2 Å². The third-order valence-electron chi connectivity index (χ3n) is 0.327. The molecule has 0 fully saturated rings. The average Bonchev–Trinajstić information content (AvgIpc) is 1.21. The van der Waals surface area contributed by atoms with Gasteiger partial charge in [-0.2, -0.15) is 8.42 Å². The molecule has 0 bridgehead atoms. The van der Waals surface area contributed by atoms with Gasteiger partial charge in [0.25, 0.3) is 10.1 Å². The number of hydrogen-bond donors (Lipinski definition) is 1. The van der Waals surface area contributed by atoms with Gasteiger partial charge in [0.05, 0.1) is 6.26 Å². The summed E-state index contributed by atoms with van der Waals surface area (Å²) >= 11 is 0. The van der Waals surface area contributed by atoms with Crippen molar-refractivity contribution in [2.24, 2.45) is 5.73 Å². The van der Waals surface area contributed by atoms with Crippen LogP contribution in [0.5, 0.6) is 0 Å². The first-order valence-electron chi connectivity index (χ1n) is 2.05. The Morgan fingerprint density at radius 2 is 2.00 bits per heavy atom. The molecule has 0 heterocycles. The van der Waals surface area contributed by atoms with Crippen LogP contribution in [-0.2, 0) is 14.3 Å². The molecule has 50 valence electrons. The third-order valence-corrected chi connectivity index (χ3v) is 0.980. The van der Waals surface area contributed by atoms with E-state index >= 15 is 0 Å². The monoisotopic (exact) mass is 139 g/mol. The summed E-state index contributed by atoms with van der Waals surface area (Å²) in [5.74, 6) is 0. The maximum atomic E-state index is 10.1. The minimum absolute atomic E-state index is 0.745. The molecule has 8 heavy (non-hydrogen) atoms. The first kappa shape index (κ1) is 7.87. The highest BCUT2D eigenvalue weighted by Gasteiger charge is 2.03. The van der Waals surface area contributed by atoms with Crippen LogP contribution in [0.2, 0.25) is 0 Å². The molecule has 0 saturated carbocycles. The van der Waals surface area contributed by atoms with E-state index in [2.05, 4.69) is 4.18 Å². The molecule has 1 atom stereocenters. The lowest BCUT2D eigenvalue weighted by Gasteiger charge is -2.01. The zero-order chi connectivity index (χ0) is 6.78. The highest BCUT2D eigenvalue weighted by molar-refractivity contribution is 7.86. The van der Waals surface area contributed by atoms with Gasteiger partial charge in [-0.05, 0) is 6.92 Å². The van der Waals surface area contributed by atoms with Gasteiger partial charge >= 0.3 is 0 Å². The molecule has 0 aromatic carbocycles. The normalized spacial score (nSPS) is 15.9. The molecule has 0 amide bonds. The Morgan fingerprint density at radius 3 is 2.00 bits per heavy atom. The summed E-state index contributed by atoms with van der Waals surface area (Å²) in [7, 11) is -3.35. The minimum Gasteiger partial charge on any atom is -0.305 e. The summed E-state index contributed by atoms with van der Waals surface area (Å²) in [5, 5.41) is 0. The molecule has 0 aromatic rings. The maximum absolute atomic E-state index is 10.1. The maximum Gasteiger partial charge on any atom is 0.265 e. The summed E-state index contributed by atoms with van der Waals surface area (Å²) in [5.41, 5.74) is 4.98. The number of rotatable bonds is 2. The highest BCUT2D eigenvalue weighted by Crippen LogP contribution is 1.87. The molecule has 0 aromatic heterocycles. The Bertz CT molecular complexity index is 148. The Balaban J connectivity index is 3.75. The summed E-state index contributed by atoms with van der Waals surface area (Å²) in [6.07, 6.45) is 0.209. The van der Waals surface area contributed by atoms with Crippen LogP contribution < -0.4 is 5.73 Å². The van der Waals surface area contributed by atoms with Crippen LogP contribution in [0.1, 0.15) is 6.92 Å². The summed E-state index contributed by atoms with van der Waals surface area (Å²) in [4.78, 5) is 0. The van der Waals surface area contributed by atoms with Crippen molar-refractivity contribution in [3.05, 3.63) is 0 Å². The summed E-state index contributed by atoms with van der Waals surface area (Å²) < 4.78 is 24.5. The lowest BCUT2D eigenvalue weighted by Crippen LogP contribution is -2.22. The largest absolute Gasteiger partial charge is 0.305 e.